The lowest BCUT2D eigenvalue weighted by Gasteiger charge is -2.44. The molecule has 0 bridgehead atoms. The maximum atomic E-state index is 6.77. The normalized spacial score (nSPS) is 31.7. The molecule has 21 heavy (non-hydrogen) atoms. The standard InChI is InChI=1S/C19H29NO/c1-14-7-6-12-19(13-14,21-2)18(20)17-11-4-3-10-16(17)15-8-5-9-15/h3-4,10-11,14-15,18H,5-9,12-13,20H2,1-2H3. The highest BCUT2D eigenvalue weighted by molar-refractivity contribution is 5.36. The van der Waals surface area contributed by atoms with Crippen LogP contribution in [0.1, 0.15) is 75.0 Å². The lowest BCUT2D eigenvalue weighted by molar-refractivity contribution is -0.0720. The number of nitrogens with two attached hydrogens (primary N) is 1. The van der Waals surface area contributed by atoms with E-state index in [1.807, 2.05) is 7.11 Å². The molecule has 0 radical (unpaired) electrons. The van der Waals surface area contributed by atoms with Crippen molar-refractivity contribution in [2.45, 2.75) is 69.4 Å². The fourth-order valence-electron chi connectivity index (χ4n) is 4.31. The van der Waals surface area contributed by atoms with E-state index in [1.54, 1.807) is 0 Å². The van der Waals surface area contributed by atoms with Crippen molar-refractivity contribution in [3.63, 3.8) is 0 Å². The molecule has 3 atom stereocenters. The molecule has 2 nitrogen and oxygen atoms in total. The first-order valence-corrected chi connectivity index (χ1v) is 8.56. The second kappa shape index (κ2) is 6.10. The van der Waals surface area contributed by atoms with E-state index in [4.69, 9.17) is 10.5 Å². The third-order valence-corrected chi connectivity index (χ3v) is 5.84. The fraction of sp³-hybridized carbons (Fsp3) is 0.684. The lowest BCUT2D eigenvalue weighted by Crippen LogP contribution is -2.46. The minimum absolute atomic E-state index is 0.00190. The number of methoxy groups -OCH3 is 1. The van der Waals surface area contributed by atoms with Crippen molar-refractivity contribution in [2.75, 3.05) is 7.11 Å². The monoisotopic (exact) mass is 287 g/mol. The number of ether oxygens (including phenoxy) is 1. The molecule has 0 spiro atoms. The first-order valence-electron chi connectivity index (χ1n) is 8.56. The molecule has 3 rings (SSSR count). The van der Waals surface area contributed by atoms with E-state index in [2.05, 4.69) is 31.2 Å². The zero-order valence-electron chi connectivity index (χ0n) is 13.5. The Kier molecular flexibility index (Phi) is 4.37. The summed E-state index contributed by atoms with van der Waals surface area (Å²) in [4.78, 5) is 0. The SMILES string of the molecule is COC1(C(N)c2ccccc2C2CCC2)CCCC(C)C1. The van der Waals surface area contributed by atoms with Gasteiger partial charge in [0.15, 0.2) is 0 Å². The molecule has 116 valence electrons. The van der Waals surface area contributed by atoms with Crippen LogP contribution < -0.4 is 5.73 Å². The van der Waals surface area contributed by atoms with E-state index in [0.29, 0.717) is 5.92 Å². The molecular formula is C19H29NO. The molecule has 1 aromatic rings. The topological polar surface area (TPSA) is 35.2 Å². The lowest BCUT2D eigenvalue weighted by atomic mass is 9.70. The summed E-state index contributed by atoms with van der Waals surface area (Å²) in [7, 11) is 1.85. The predicted molar refractivity (Wildman–Crippen MR) is 87.3 cm³/mol. The first-order chi connectivity index (χ1) is 10.2. The molecule has 2 fully saturated rings. The molecule has 0 saturated heterocycles. The van der Waals surface area contributed by atoms with Gasteiger partial charge in [0.1, 0.15) is 0 Å². The summed E-state index contributed by atoms with van der Waals surface area (Å²) in [6.45, 7) is 2.33. The van der Waals surface area contributed by atoms with Crippen LogP contribution in [0.25, 0.3) is 0 Å². The Balaban J connectivity index is 1.91. The van der Waals surface area contributed by atoms with Crippen LogP contribution in [0.4, 0.5) is 0 Å². The molecule has 1 aromatic carbocycles. The molecular weight excluding hydrogens is 258 g/mol. The summed E-state index contributed by atoms with van der Waals surface area (Å²) < 4.78 is 6.03. The van der Waals surface area contributed by atoms with Crippen molar-refractivity contribution < 1.29 is 4.74 Å². The van der Waals surface area contributed by atoms with Gasteiger partial charge in [-0.3, -0.25) is 0 Å². The molecule has 2 saturated carbocycles. The van der Waals surface area contributed by atoms with Crippen molar-refractivity contribution in [3.05, 3.63) is 35.4 Å². The summed E-state index contributed by atoms with van der Waals surface area (Å²) in [6, 6.07) is 8.81. The van der Waals surface area contributed by atoms with Gasteiger partial charge in [-0.05, 0) is 48.6 Å². The molecule has 0 heterocycles. The molecule has 0 aliphatic heterocycles. The van der Waals surface area contributed by atoms with Crippen molar-refractivity contribution in [3.8, 4) is 0 Å². The van der Waals surface area contributed by atoms with Gasteiger partial charge in [0.05, 0.1) is 11.6 Å². The highest BCUT2D eigenvalue weighted by Crippen LogP contribution is 2.46. The number of benzene rings is 1. The van der Waals surface area contributed by atoms with Crippen molar-refractivity contribution in [1.82, 2.24) is 0 Å². The van der Waals surface area contributed by atoms with Gasteiger partial charge in [-0.25, -0.2) is 0 Å². The van der Waals surface area contributed by atoms with Gasteiger partial charge >= 0.3 is 0 Å². The second-order valence-corrected chi connectivity index (χ2v) is 7.20. The summed E-state index contributed by atoms with van der Waals surface area (Å²) in [5, 5.41) is 0. The smallest absolute Gasteiger partial charge is 0.0873 e. The largest absolute Gasteiger partial charge is 0.376 e. The Bertz CT molecular complexity index is 482. The Hall–Kier alpha value is -0.860. The average molecular weight is 287 g/mol. The maximum Gasteiger partial charge on any atom is 0.0873 e. The Morgan fingerprint density at radius 3 is 2.57 bits per heavy atom. The minimum Gasteiger partial charge on any atom is -0.376 e. The van der Waals surface area contributed by atoms with Gasteiger partial charge in [0.25, 0.3) is 0 Å². The summed E-state index contributed by atoms with van der Waals surface area (Å²) in [5.41, 5.74) is 9.41. The van der Waals surface area contributed by atoms with Gasteiger partial charge in [0, 0.05) is 7.11 Å². The van der Waals surface area contributed by atoms with E-state index >= 15 is 0 Å². The quantitative estimate of drug-likeness (QED) is 0.881. The van der Waals surface area contributed by atoms with Gasteiger partial charge in [-0.15, -0.1) is 0 Å². The van der Waals surface area contributed by atoms with Gasteiger partial charge < -0.3 is 10.5 Å². The zero-order chi connectivity index (χ0) is 14.9. The van der Waals surface area contributed by atoms with Crippen LogP contribution in [0, 0.1) is 5.92 Å². The summed E-state index contributed by atoms with van der Waals surface area (Å²) in [5.74, 6) is 1.43. The number of hydrogen-bond acceptors (Lipinski definition) is 2. The van der Waals surface area contributed by atoms with Crippen LogP contribution in [0.2, 0.25) is 0 Å². The molecule has 2 N–H and O–H groups in total. The van der Waals surface area contributed by atoms with Crippen LogP contribution in [-0.4, -0.2) is 12.7 Å². The van der Waals surface area contributed by atoms with Crippen molar-refractivity contribution in [2.24, 2.45) is 11.7 Å². The van der Waals surface area contributed by atoms with E-state index in [-0.39, 0.29) is 11.6 Å². The number of hydrogen-bond donors (Lipinski definition) is 1. The second-order valence-electron chi connectivity index (χ2n) is 7.20. The van der Waals surface area contributed by atoms with Crippen molar-refractivity contribution >= 4 is 0 Å². The summed E-state index contributed by atoms with van der Waals surface area (Å²) in [6.07, 6.45) is 8.72. The van der Waals surface area contributed by atoms with Crippen LogP contribution in [-0.2, 0) is 4.74 Å². The van der Waals surface area contributed by atoms with Gasteiger partial charge in [0.2, 0.25) is 0 Å². The molecule has 0 amide bonds. The van der Waals surface area contributed by atoms with Gasteiger partial charge in [-0.2, -0.15) is 0 Å². The first kappa shape index (κ1) is 15.1. The van der Waals surface area contributed by atoms with E-state index in [1.165, 1.54) is 43.2 Å². The predicted octanol–water partition coefficient (Wildman–Crippen LogP) is 4.55. The molecule has 2 heteroatoms. The third-order valence-electron chi connectivity index (χ3n) is 5.84. The highest BCUT2D eigenvalue weighted by atomic mass is 16.5. The Morgan fingerprint density at radius 1 is 1.19 bits per heavy atom. The third kappa shape index (κ3) is 2.76. The van der Waals surface area contributed by atoms with Crippen LogP contribution in [0.3, 0.4) is 0 Å². The fourth-order valence-corrected chi connectivity index (χ4v) is 4.31. The Labute approximate surface area is 129 Å². The zero-order valence-corrected chi connectivity index (χ0v) is 13.5. The van der Waals surface area contributed by atoms with Crippen LogP contribution >= 0.6 is 0 Å². The maximum absolute atomic E-state index is 6.77. The van der Waals surface area contributed by atoms with E-state index in [9.17, 15) is 0 Å². The summed E-state index contributed by atoms with van der Waals surface area (Å²) >= 11 is 0. The van der Waals surface area contributed by atoms with Crippen LogP contribution in [0.15, 0.2) is 24.3 Å². The molecule has 2 aliphatic rings. The molecule has 0 aromatic heterocycles. The minimum atomic E-state index is -0.169. The Morgan fingerprint density at radius 2 is 1.95 bits per heavy atom. The van der Waals surface area contributed by atoms with E-state index < -0.39 is 0 Å². The molecule has 3 unspecified atom stereocenters. The molecule has 2 aliphatic carbocycles. The number of rotatable bonds is 4. The highest BCUT2D eigenvalue weighted by Gasteiger charge is 2.42. The van der Waals surface area contributed by atoms with Crippen LogP contribution in [0.5, 0.6) is 0 Å². The van der Waals surface area contributed by atoms with Gasteiger partial charge in [-0.1, -0.05) is 50.5 Å². The van der Waals surface area contributed by atoms with E-state index in [0.717, 1.165) is 18.8 Å². The van der Waals surface area contributed by atoms with Crippen molar-refractivity contribution in [1.29, 1.82) is 0 Å². The average Bonchev–Trinajstić information content (AvgIpc) is 2.45.